The van der Waals surface area contributed by atoms with E-state index in [1.54, 1.807) is 0 Å². The summed E-state index contributed by atoms with van der Waals surface area (Å²) >= 11 is 0. The number of ether oxygens (including phenoxy) is 2. The van der Waals surface area contributed by atoms with E-state index in [9.17, 15) is 19.2 Å². The molecule has 29 heavy (non-hydrogen) atoms. The molecule has 0 bridgehead atoms. The third-order valence-corrected chi connectivity index (χ3v) is 4.92. The maximum atomic E-state index is 12.0. The predicted molar refractivity (Wildman–Crippen MR) is 102 cm³/mol. The molecule has 1 aliphatic carbocycles. The summed E-state index contributed by atoms with van der Waals surface area (Å²) in [4.78, 5) is 46.0. The van der Waals surface area contributed by atoms with Crippen molar-refractivity contribution >= 4 is 24.1 Å². The number of carbonyl (C=O) groups excluding carboxylic acids is 2. The Balaban J connectivity index is 0.000000447. The molecule has 1 aliphatic heterocycles. The lowest BCUT2D eigenvalue weighted by Crippen LogP contribution is -2.40. The highest BCUT2D eigenvalue weighted by atomic mass is 16.6. The molecule has 2 aliphatic rings. The normalized spacial score (nSPS) is 23.7. The molecular formula is C19H30N2O8. The summed E-state index contributed by atoms with van der Waals surface area (Å²) in [5.74, 6) is -1.80. The zero-order valence-electron chi connectivity index (χ0n) is 17.1. The Labute approximate surface area is 170 Å². The molecule has 10 nitrogen and oxygen atoms in total. The minimum atomic E-state index is -1.26. The number of likely N-dealkylation sites (N-methyl/N-ethyl adjacent to an activating group) is 1. The minimum Gasteiger partial charge on any atom is -0.478 e. The van der Waals surface area contributed by atoms with E-state index in [0.29, 0.717) is 25.2 Å². The summed E-state index contributed by atoms with van der Waals surface area (Å²) in [6.07, 6.45) is 4.96. The fourth-order valence-electron chi connectivity index (χ4n) is 3.17. The zero-order valence-corrected chi connectivity index (χ0v) is 17.1. The van der Waals surface area contributed by atoms with E-state index in [4.69, 9.17) is 19.7 Å². The molecular weight excluding hydrogens is 384 g/mol. The van der Waals surface area contributed by atoms with E-state index in [2.05, 4.69) is 6.92 Å². The topological polar surface area (TPSA) is 134 Å². The third kappa shape index (κ3) is 8.51. The van der Waals surface area contributed by atoms with Gasteiger partial charge in [0.2, 0.25) is 0 Å². The van der Waals surface area contributed by atoms with Crippen LogP contribution in [0.25, 0.3) is 0 Å². The number of imide groups is 1. The van der Waals surface area contributed by atoms with Crippen LogP contribution in [0.5, 0.6) is 0 Å². The van der Waals surface area contributed by atoms with Gasteiger partial charge >= 0.3 is 24.1 Å². The van der Waals surface area contributed by atoms with E-state index >= 15 is 0 Å². The van der Waals surface area contributed by atoms with Crippen LogP contribution in [-0.2, 0) is 19.1 Å². The Kier molecular flexibility index (Phi) is 9.60. The highest BCUT2D eigenvalue weighted by Gasteiger charge is 2.49. The summed E-state index contributed by atoms with van der Waals surface area (Å²) in [6, 6.07) is 0. The molecule has 0 radical (unpaired) electrons. The summed E-state index contributed by atoms with van der Waals surface area (Å²) < 4.78 is 10.6. The maximum absolute atomic E-state index is 12.0. The average molecular weight is 414 g/mol. The fraction of sp³-hybridized carbons (Fsp3) is 0.684. The number of aliphatic carboxylic acids is 2. The molecule has 0 aromatic heterocycles. The van der Waals surface area contributed by atoms with E-state index in [0.717, 1.165) is 36.5 Å². The number of hydrogen-bond acceptors (Lipinski definition) is 7. The van der Waals surface area contributed by atoms with Crippen molar-refractivity contribution in [2.75, 3.05) is 33.8 Å². The van der Waals surface area contributed by atoms with Gasteiger partial charge in [0.15, 0.2) is 0 Å². The van der Waals surface area contributed by atoms with Crippen LogP contribution in [0.2, 0.25) is 0 Å². The Hall–Kier alpha value is -2.62. The SMILES string of the molecule is CCC1CCC2(CC1)CN(C(=O)OCCN(C)C)C(=O)O2.O=C(O)/C=C/C(=O)O. The van der Waals surface area contributed by atoms with Gasteiger partial charge in [-0.15, -0.1) is 0 Å². The summed E-state index contributed by atoms with van der Waals surface area (Å²) in [6.45, 7) is 3.44. The van der Waals surface area contributed by atoms with Crippen molar-refractivity contribution in [1.29, 1.82) is 0 Å². The van der Waals surface area contributed by atoms with Gasteiger partial charge in [-0.3, -0.25) is 0 Å². The zero-order chi connectivity index (χ0) is 22.0. The molecule has 1 saturated heterocycles. The second-order valence-electron chi connectivity index (χ2n) is 7.42. The number of amides is 2. The van der Waals surface area contributed by atoms with Crippen molar-refractivity contribution in [3.05, 3.63) is 12.2 Å². The van der Waals surface area contributed by atoms with Crippen LogP contribution in [0.4, 0.5) is 9.59 Å². The fourth-order valence-corrected chi connectivity index (χ4v) is 3.17. The molecule has 0 atom stereocenters. The highest BCUT2D eigenvalue weighted by Crippen LogP contribution is 2.40. The van der Waals surface area contributed by atoms with Gasteiger partial charge in [0, 0.05) is 18.7 Å². The molecule has 0 aromatic rings. The lowest BCUT2D eigenvalue weighted by molar-refractivity contribution is -0.134. The van der Waals surface area contributed by atoms with Crippen molar-refractivity contribution < 1.29 is 38.9 Å². The van der Waals surface area contributed by atoms with Gasteiger partial charge in [0.05, 0.1) is 6.54 Å². The van der Waals surface area contributed by atoms with Crippen LogP contribution in [0.3, 0.4) is 0 Å². The number of carboxylic acids is 2. The second-order valence-corrected chi connectivity index (χ2v) is 7.42. The number of carbonyl (C=O) groups is 4. The van der Waals surface area contributed by atoms with Gasteiger partial charge in [-0.25, -0.2) is 24.1 Å². The number of rotatable bonds is 6. The van der Waals surface area contributed by atoms with Crippen molar-refractivity contribution in [1.82, 2.24) is 9.80 Å². The summed E-state index contributed by atoms with van der Waals surface area (Å²) in [5, 5.41) is 15.6. The second kappa shape index (κ2) is 11.4. The Morgan fingerprint density at radius 3 is 2.21 bits per heavy atom. The molecule has 2 fully saturated rings. The molecule has 0 aromatic carbocycles. The summed E-state index contributed by atoms with van der Waals surface area (Å²) in [5.41, 5.74) is -0.469. The van der Waals surface area contributed by atoms with E-state index < -0.39 is 29.7 Å². The van der Waals surface area contributed by atoms with Crippen molar-refractivity contribution in [2.45, 2.75) is 44.6 Å². The standard InChI is InChI=1S/C15H26N2O4.C4H4O4/c1-4-12-5-7-15(8-6-12)11-17(14(19)21-15)13(18)20-10-9-16(2)3;5-3(6)1-2-4(7)8/h12H,4-11H2,1-3H3;1-2H,(H,5,6)(H,7,8)/b;2-1+. The molecule has 1 spiro atoms. The van der Waals surface area contributed by atoms with Crippen LogP contribution >= 0.6 is 0 Å². The first kappa shape index (κ1) is 24.4. The van der Waals surface area contributed by atoms with Crippen LogP contribution < -0.4 is 0 Å². The molecule has 1 heterocycles. The molecule has 164 valence electrons. The van der Waals surface area contributed by atoms with Gasteiger partial charge in [-0.1, -0.05) is 13.3 Å². The number of carboxylic acid groups (broad SMARTS) is 2. The van der Waals surface area contributed by atoms with Gasteiger partial charge in [0.1, 0.15) is 12.2 Å². The van der Waals surface area contributed by atoms with E-state index in [-0.39, 0.29) is 6.61 Å². The first-order valence-corrected chi connectivity index (χ1v) is 9.54. The van der Waals surface area contributed by atoms with E-state index in [1.807, 2.05) is 19.0 Å². The highest BCUT2D eigenvalue weighted by molar-refractivity contribution is 5.90. The van der Waals surface area contributed by atoms with Crippen LogP contribution in [0.1, 0.15) is 39.0 Å². The van der Waals surface area contributed by atoms with Gasteiger partial charge in [-0.05, 0) is 45.7 Å². The smallest absolute Gasteiger partial charge is 0.420 e. The molecule has 2 rings (SSSR count). The Morgan fingerprint density at radius 2 is 1.76 bits per heavy atom. The lowest BCUT2D eigenvalue weighted by atomic mass is 9.78. The monoisotopic (exact) mass is 414 g/mol. The minimum absolute atomic E-state index is 0.278. The van der Waals surface area contributed by atoms with Gasteiger partial charge in [-0.2, -0.15) is 0 Å². The maximum Gasteiger partial charge on any atom is 0.420 e. The van der Waals surface area contributed by atoms with E-state index in [1.165, 1.54) is 6.42 Å². The van der Waals surface area contributed by atoms with Gasteiger partial charge in [0.25, 0.3) is 0 Å². The number of nitrogens with zero attached hydrogens (tertiary/aromatic N) is 2. The first-order valence-electron chi connectivity index (χ1n) is 9.54. The van der Waals surface area contributed by atoms with Crippen molar-refractivity contribution in [3.63, 3.8) is 0 Å². The van der Waals surface area contributed by atoms with Crippen LogP contribution in [-0.4, -0.2) is 83.5 Å². The first-order chi connectivity index (χ1) is 13.6. The Bertz CT molecular complexity index is 608. The molecule has 2 N–H and O–H groups in total. The predicted octanol–water partition coefficient (Wildman–Crippen LogP) is 2.19. The molecule has 10 heteroatoms. The molecule has 2 amide bonds. The molecule has 0 unspecified atom stereocenters. The van der Waals surface area contributed by atoms with Gasteiger partial charge < -0.3 is 24.6 Å². The van der Waals surface area contributed by atoms with Crippen LogP contribution in [0.15, 0.2) is 12.2 Å². The number of hydrogen-bond donors (Lipinski definition) is 2. The van der Waals surface area contributed by atoms with Crippen molar-refractivity contribution in [3.8, 4) is 0 Å². The quantitative estimate of drug-likeness (QED) is 0.627. The average Bonchev–Trinajstić information content (AvgIpc) is 2.97. The Morgan fingerprint density at radius 1 is 1.21 bits per heavy atom. The van der Waals surface area contributed by atoms with Crippen LogP contribution in [0, 0.1) is 5.92 Å². The third-order valence-electron chi connectivity index (χ3n) is 4.92. The largest absolute Gasteiger partial charge is 0.478 e. The summed E-state index contributed by atoms with van der Waals surface area (Å²) in [7, 11) is 3.80. The van der Waals surface area contributed by atoms with Crippen molar-refractivity contribution in [2.24, 2.45) is 5.92 Å². The molecule has 1 saturated carbocycles. The lowest BCUT2D eigenvalue weighted by Gasteiger charge is -2.34.